The van der Waals surface area contributed by atoms with E-state index < -0.39 is 15.6 Å². The fourth-order valence-corrected chi connectivity index (χ4v) is 5.67. The van der Waals surface area contributed by atoms with Crippen LogP contribution in [-0.2, 0) is 14.8 Å². The van der Waals surface area contributed by atoms with Crippen LogP contribution in [0.4, 0.5) is 0 Å². The zero-order chi connectivity index (χ0) is 16.0. The molecule has 2 aliphatic rings. The largest absolute Gasteiger partial charge is 0.340 e. The highest BCUT2D eigenvalue weighted by Gasteiger charge is 2.48. The summed E-state index contributed by atoms with van der Waals surface area (Å²) in [6, 6.07) is 3.10. The summed E-state index contributed by atoms with van der Waals surface area (Å²) in [5.74, 6) is -0.0501. The van der Waals surface area contributed by atoms with E-state index in [1.807, 2.05) is 0 Å². The Morgan fingerprint density at radius 3 is 2.55 bits per heavy atom. The monoisotopic (exact) mass is 363 g/mol. The predicted molar refractivity (Wildman–Crippen MR) is 85.4 cm³/mol. The maximum atomic E-state index is 12.6. The molecule has 1 aromatic heterocycles. The fourth-order valence-electron chi connectivity index (χ4n) is 2.56. The van der Waals surface area contributed by atoms with Gasteiger partial charge in [-0.25, -0.2) is 8.42 Å². The molecule has 0 aromatic carbocycles. The highest BCUT2D eigenvalue weighted by Crippen LogP contribution is 2.34. The lowest BCUT2D eigenvalue weighted by molar-refractivity contribution is -0.133. The number of hydrogen-bond donors (Lipinski definition) is 1. The van der Waals surface area contributed by atoms with Crippen LogP contribution < -0.4 is 5.73 Å². The Morgan fingerprint density at radius 2 is 1.95 bits per heavy atom. The number of amides is 1. The van der Waals surface area contributed by atoms with Crippen LogP contribution in [-0.4, -0.2) is 55.2 Å². The van der Waals surface area contributed by atoms with E-state index in [1.165, 1.54) is 10.4 Å². The maximum absolute atomic E-state index is 12.6. The molecule has 1 saturated carbocycles. The van der Waals surface area contributed by atoms with Crippen molar-refractivity contribution in [1.29, 1.82) is 0 Å². The molecule has 3 rings (SSSR count). The highest BCUT2D eigenvalue weighted by molar-refractivity contribution is 7.91. The zero-order valence-electron chi connectivity index (χ0n) is 12.0. The fraction of sp³-hybridized carbons (Fsp3) is 0.615. The Kier molecular flexibility index (Phi) is 4.24. The molecule has 22 heavy (non-hydrogen) atoms. The Morgan fingerprint density at radius 1 is 1.23 bits per heavy atom. The Bertz CT molecular complexity index is 684. The lowest BCUT2D eigenvalue weighted by Gasteiger charge is -2.24. The Balaban J connectivity index is 1.71. The van der Waals surface area contributed by atoms with Crippen LogP contribution in [0.15, 0.2) is 16.3 Å². The summed E-state index contributed by atoms with van der Waals surface area (Å²) in [6.45, 7) is 1.63. The molecular weight excluding hydrogens is 346 g/mol. The van der Waals surface area contributed by atoms with Crippen LogP contribution in [0.1, 0.15) is 19.3 Å². The van der Waals surface area contributed by atoms with Gasteiger partial charge in [0.15, 0.2) is 0 Å². The van der Waals surface area contributed by atoms with Crippen LogP contribution in [0.2, 0.25) is 4.34 Å². The molecule has 122 valence electrons. The number of carbonyl (C=O) groups excluding carboxylic acids is 1. The molecule has 9 heteroatoms. The van der Waals surface area contributed by atoms with Crippen molar-refractivity contribution in [2.75, 3.05) is 26.2 Å². The Labute approximate surface area is 138 Å². The number of rotatable bonds is 3. The van der Waals surface area contributed by atoms with Gasteiger partial charge < -0.3 is 10.6 Å². The van der Waals surface area contributed by atoms with Crippen molar-refractivity contribution in [3.63, 3.8) is 0 Å². The predicted octanol–water partition coefficient (Wildman–Crippen LogP) is 1.12. The van der Waals surface area contributed by atoms with E-state index in [1.54, 1.807) is 11.0 Å². The standard InChI is InChI=1S/C13H18ClN3O3S2/c14-10-2-3-11(21-10)22(19,20)17-7-1-6-16(8-9-17)12(18)13(15)4-5-13/h2-3H,1,4-9,15H2. The smallest absolute Gasteiger partial charge is 0.252 e. The number of hydrogen-bond acceptors (Lipinski definition) is 5. The van der Waals surface area contributed by atoms with Gasteiger partial charge in [0.1, 0.15) is 4.21 Å². The van der Waals surface area contributed by atoms with Gasteiger partial charge in [-0.3, -0.25) is 4.79 Å². The minimum absolute atomic E-state index is 0.0501. The topological polar surface area (TPSA) is 83.7 Å². The minimum Gasteiger partial charge on any atom is -0.340 e. The van der Waals surface area contributed by atoms with Gasteiger partial charge in [-0.05, 0) is 31.4 Å². The Hall–Kier alpha value is -0.670. The third kappa shape index (κ3) is 3.03. The molecule has 1 aliphatic heterocycles. The van der Waals surface area contributed by atoms with Crippen molar-refractivity contribution in [1.82, 2.24) is 9.21 Å². The lowest BCUT2D eigenvalue weighted by atomic mass is 10.2. The van der Waals surface area contributed by atoms with Crippen LogP contribution >= 0.6 is 22.9 Å². The first-order valence-electron chi connectivity index (χ1n) is 7.17. The van der Waals surface area contributed by atoms with E-state index in [0.717, 1.165) is 24.2 Å². The first-order chi connectivity index (χ1) is 10.3. The van der Waals surface area contributed by atoms with Gasteiger partial charge in [0.25, 0.3) is 10.0 Å². The van der Waals surface area contributed by atoms with E-state index in [0.29, 0.717) is 36.9 Å². The molecular formula is C13H18ClN3O3S2. The molecule has 2 heterocycles. The van der Waals surface area contributed by atoms with Crippen molar-refractivity contribution >= 4 is 38.9 Å². The van der Waals surface area contributed by atoms with Crippen LogP contribution in [0.25, 0.3) is 0 Å². The molecule has 0 atom stereocenters. The second-order valence-electron chi connectivity index (χ2n) is 5.76. The quantitative estimate of drug-likeness (QED) is 0.872. The van der Waals surface area contributed by atoms with Gasteiger partial charge in [0.05, 0.1) is 9.88 Å². The molecule has 1 amide bonds. The molecule has 1 aliphatic carbocycles. The van der Waals surface area contributed by atoms with Crippen molar-refractivity contribution < 1.29 is 13.2 Å². The molecule has 0 radical (unpaired) electrons. The number of sulfonamides is 1. The van der Waals surface area contributed by atoms with E-state index in [4.69, 9.17) is 17.3 Å². The molecule has 0 unspecified atom stereocenters. The summed E-state index contributed by atoms with van der Waals surface area (Å²) in [6.07, 6.45) is 2.05. The summed E-state index contributed by atoms with van der Waals surface area (Å²) in [5.41, 5.74) is 5.25. The van der Waals surface area contributed by atoms with Gasteiger partial charge in [-0.15, -0.1) is 11.3 Å². The molecule has 0 bridgehead atoms. The molecule has 1 saturated heterocycles. The molecule has 6 nitrogen and oxygen atoms in total. The van der Waals surface area contributed by atoms with E-state index >= 15 is 0 Å². The third-order valence-corrected chi connectivity index (χ3v) is 7.70. The number of nitrogens with zero attached hydrogens (tertiary/aromatic N) is 2. The van der Waals surface area contributed by atoms with Crippen molar-refractivity contribution in [2.45, 2.75) is 29.0 Å². The molecule has 0 spiro atoms. The lowest BCUT2D eigenvalue weighted by Crippen LogP contribution is -2.47. The summed E-state index contributed by atoms with van der Waals surface area (Å²) in [5, 5.41) is 0. The average molecular weight is 364 g/mol. The second-order valence-corrected chi connectivity index (χ2v) is 9.64. The van der Waals surface area contributed by atoms with Crippen molar-refractivity contribution in [3.8, 4) is 0 Å². The first-order valence-corrected chi connectivity index (χ1v) is 9.80. The van der Waals surface area contributed by atoms with E-state index in [2.05, 4.69) is 0 Å². The average Bonchev–Trinajstić information content (AvgIpc) is 3.15. The summed E-state index contributed by atoms with van der Waals surface area (Å²) < 4.78 is 27.3. The van der Waals surface area contributed by atoms with Gasteiger partial charge in [0.2, 0.25) is 5.91 Å². The molecule has 2 fully saturated rings. The third-order valence-electron chi connectivity index (χ3n) is 4.10. The van der Waals surface area contributed by atoms with Crippen LogP contribution in [0.5, 0.6) is 0 Å². The molecule has 2 N–H and O–H groups in total. The van der Waals surface area contributed by atoms with Gasteiger partial charge in [-0.2, -0.15) is 4.31 Å². The van der Waals surface area contributed by atoms with Gasteiger partial charge in [-0.1, -0.05) is 11.6 Å². The SMILES string of the molecule is NC1(C(=O)N2CCCN(S(=O)(=O)c3ccc(Cl)s3)CC2)CC1. The summed E-state index contributed by atoms with van der Waals surface area (Å²) >= 11 is 6.88. The summed E-state index contributed by atoms with van der Waals surface area (Å²) in [4.78, 5) is 14.0. The zero-order valence-corrected chi connectivity index (χ0v) is 14.4. The number of carbonyl (C=O) groups is 1. The van der Waals surface area contributed by atoms with Crippen molar-refractivity contribution in [2.24, 2.45) is 5.73 Å². The van der Waals surface area contributed by atoms with Crippen LogP contribution in [0.3, 0.4) is 0 Å². The summed E-state index contributed by atoms with van der Waals surface area (Å²) in [7, 11) is -3.54. The first kappa shape index (κ1) is 16.2. The normalized spacial score (nSPS) is 22.4. The maximum Gasteiger partial charge on any atom is 0.252 e. The van der Waals surface area contributed by atoms with Gasteiger partial charge >= 0.3 is 0 Å². The van der Waals surface area contributed by atoms with Gasteiger partial charge in [0, 0.05) is 26.2 Å². The second kappa shape index (κ2) is 5.76. The number of nitrogens with two attached hydrogens (primary N) is 1. The number of thiophene rings is 1. The highest BCUT2D eigenvalue weighted by atomic mass is 35.5. The van der Waals surface area contributed by atoms with Crippen LogP contribution in [0, 0.1) is 0 Å². The van der Waals surface area contributed by atoms with Crippen molar-refractivity contribution in [3.05, 3.63) is 16.5 Å². The minimum atomic E-state index is -3.54. The van der Waals surface area contributed by atoms with E-state index in [-0.39, 0.29) is 10.1 Å². The van der Waals surface area contributed by atoms with E-state index in [9.17, 15) is 13.2 Å². The molecule has 1 aromatic rings. The number of halogens is 1.